The molecule has 186 valence electrons. The van der Waals surface area contributed by atoms with Gasteiger partial charge in [0.25, 0.3) is 0 Å². The van der Waals surface area contributed by atoms with Crippen LogP contribution < -0.4 is 5.84 Å². The third-order valence-corrected chi connectivity index (χ3v) is 6.04. The molecule has 5 nitrogen and oxygen atoms in total. The molecule has 0 fully saturated rings. The Bertz CT molecular complexity index is 1110. The van der Waals surface area contributed by atoms with Crippen molar-refractivity contribution in [1.29, 1.82) is 0 Å². The second-order valence-electron chi connectivity index (χ2n) is 6.23. The molecule has 0 amide bonds. The largest absolute Gasteiger partial charge is 0.462 e. The number of benzene rings is 1. The number of esters is 1. The van der Waals surface area contributed by atoms with Gasteiger partial charge in [-0.15, -0.1) is 11.3 Å². The average Bonchev–Trinajstić information content (AvgIpc) is 3.09. The van der Waals surface area contributed by atoms with Crippen LogP contribution in [0.15, 0.2) is 28.3 Å². The van der Waals surface area contributed by atoms with Crippen LogP contribution in [-0.2, 0) is 10.4 Å². The van der Waals surface area contributed by atoms with Crippen molar-refractivity contribution in [3.8, 4) is 0 Å². The van der Waals surface area contributed by atoms with E-state index in [0.29, 0.717) is 0 Å². The number of aliphatic imine (C=N–C) groups is 1. The van der Waals surface area contributed by atoms with Crippen LogP contribution in [0.4, 0.5) is 36.4 Å². The van der Waals surface area contributed by atoms with Crippen LogP contribution >= 0.6 is 46.1 Å². The van der Waals surface area contributed by atoms with Crippen molar-refractivity contribution in [3.05, 3.63) is 48.6 Å². The number of ether oxygens (including phenoxy) is 1. The van der Waals surface area contributed by atoms with Gasteiger partial charge in [0.2, 0.25) is 0 Å². The molecule has 0 unspecified atom stereocenters. The maximum atomic E-state index is 14.3. The average molecular weight is 573 g/mol. The molecule has 2 N–H and O–H groups in total. The number of thiophene rings is 1. The minimum atomic E-state index is -6.35. The Morgan fingerprint density at radius 1 is 1.06 bits per heavy atom. The first-order valence-electron chi connectivity index (χ1n) is 8.69. The molecule has 0 saturated carbocycles. The highest BCUT2D eigenvalue weighted by atomic mass is 35.5. The van der Waals surface area contributed by atoms with Crippen molar-refractivity contribution in [3.63, 3.8) is 0 Å². The first-order valence-corrected chi connectivity index (χ1v) is 10.6. The summed E-state index contributed by atoms with van der Waals surface area (Å²) in [5.74, 6) is 4.57. The van der Waals surface area contributed by atoms with E-state index < -0.39 is 45.3 Å². The van der Waals surface area contributed by atoms with Crippen LogP contribution in [0.2, 0.25) is 14.4 Å². The molecule has 0 atom stereocenters. The summed E-state index contributed by atoms with van der Waals surface area (Å²) < 4.78 is 97.1. The van der Waals surface area contributed by atoms with Crippen LogP contribution in [-0.4, -0.2) is 36.9 Å². The van der Waals surface area contributed by atoms with Gasteiger partial charge >= 0.3 is 24.0 Å². The van der Waals surface area contributed by atoms with Crippen molar-refractivity contribution in [2.24, 2.45) is 15.9 Å². The van der Waals surface area contributed by atoms with Crippen LogP contribution in [0.1, 0.15) is 27.7 Å². The molecule has 16 heteroatoms. The number of nitrogens with two attached hydrogens (primary N) is 1. The van der Waals surface area contributed by atoms with Gasteiger partial charge in [-0.1, -0.05) is 34.8 Å². The Labute approximate surface area is 205 Å². The minimum absolute atomic E-state index is 0.00271. The molecule has 0 aliphatic carbocycles. The molecule has 0 radical (unpaired) electrons. The quantitative estimate of drug-likeness (QED) is 0.130. The van der Waals surface area contributed by atoms with Crippen LogP contribution in [0.3, 0.4) is 0 Å². The standard InChI is InChI=1S/C18H11Cl3F7N3O2S/c1-2-33-15(32)8-5-12(34-14(8)21)11(31-29)6-30-13-9(19)3-7(4-10(13)20)16(22,17(23,24)25)18(26,27)28/h3-6H,2,29H2,1H3. The van der Waals surface area contributed by atoms with E-state index in [1.165, 1.54) is 6.07 Å². The zero-order valence-corrected chi connectivity index (χ0v) is 19.6. The zero-order valence-electron chi connectivity index (χ0n) is 16.5. The molecule has 1 aromatic heterocycles. The maximum Gasteiger partial charge on any atom is 0.435 e. The fourth-order valence-corrected chi connectivity index (χ4v) is 4.30. The minimum Gasteiger partial charge on any atom is -0.462 e. The summed E-state index contributed by atoms with van der Waals surface area (Å²) in [5.41, 5.74) is -8.20. The number of hydrogen-bond donors (Lipinski definition) is 1. The van der Waals surface area contributed by atoms with Gasteiger partial charge in [-0.05, 0) is 25.1 Å². The SMILES string of the molecule is CCOC(=O)c1cc(C(C=Nc2c(Cl)cc(C(F)(C(F)(F)F)C(F)(F)F)cc2Cl)=NN)sc1Cl. The van der Waals surface area contributed by atoms with Gasteiger partial charge in [-0.3, -0.25) is 4.99 Å². The Kier molecular flexibility index (Phi) is 8.50. The number of alkyl halides is 7. The van der Waals surface area contributed by atoms with Gasteiger partial charge in [0.05, 0.1) is 33.3 Å². The van der Waals surface area contributed by atoms with Crippen molar-refractivity contribution in [1.82, 2.24) is 0 Å². The van der Waals surface area contributed by atoms with E-state index in [2.05, 4.69) is 10.1 Å². The Morgan fingerprint density at radius 2 is 1.59 bits per heavy atom. The lowest BCUT2D eigenvalue weighted by atomic mass is 9.94. The van der Waals surface area contributed by atoms with Gasteiger partial charge in [-0.2, -0.15) is 31.4 Å². The van der Waals surface area contributed by atoms with Gasteiger partial charge in [0.1, 0.15) is 15.7 Å². The fraction of sp³-hybridized carbons (Fsp3) is 0.278. The van der Waals surface area contributed by atoms with Gasteiger partial charge in [0, 0.05) is 5.56 Å². The number of halogens is 10. The predicted octanol–water partition coefficient (Wildman–Crippen LogP) is 7.24. The summed E-state index contributed by atoms with van der Waals surface area (Å²) in [7, 11) is 0. The summed E-state index contributed by atoms with van der Waals surface area (Å²) in [6.07, 6.45) is -11.8. The number of hydrogen-bond acceptors (Lipinski definition) is 6. The van der Waals surface area contributed by atoms with Crippen LogP contribution in [0.5, 0.6) is 0 Å². The molecule has 1 aromatic carbocycles. The zero-order chi connectivity index (χ0) is 26.1. The summed E-state index contributed by atoms with van der Waals surface area (Å²) in [6.45, 7) is 1.66. The van der Waals surface area contributed by atoms with Crippen LogP contribution in [0, 0.1) is 0 Å². The second kappa shape index (κ2) is 10.3. The number of hydrazone groups is 1. The predicted molar refractivity (Wildman–Crippen MR) is 116 cm³/mol. The molecule has 2 aromatic rings. The molecule has 34 heavy (non-hydrogen) atoms. The molecule has 0 aliphatic heterocycles. The highest BCUT2D eigenvalue weighted by molar-refractivity contribution is 7.19. The smallest absolute Gasteiger partial charge is 0.435 e. The van der Waals surface area contributed by atoms with Crippen molar-refractivity contribution >= 4 is 69.7 Å². The third-order valence-electron chi connectivity index (χ3n) is 4.09. The Morgan fingerprint density at radius 3 is 2.03 bits per heavy atom. The van der Waals surface area contributed by atoms with Gasteiger partial charge in [-0.25, -0.2) is 9.18 Å². The summed E-state index contributed by atoms with van der Waals surface area (Å²) >= 11 is 18.4. The molecular weight excluding hydrogens is 562 g/mol. The molecule has 2 rings (SSSR count). The fourth-order valence-electron chi connectivity index (χ4n) is 2.51. The topological polar surface area (TPSA) is 77.0 Å². The summed E-state index contributed by atoms with van der Waals surface area (Å²) in [4.78, 5) is 15.9. The third kappa shape index (κ3) is 5.42. The number of rotatable bonds is 6. The molecule has 0 spiro atoms. The molecule has 0 saturated heterocycles. The summed E-state index contributed by atoms with van der Waals surface area (Å²) in [5, 5.41) is 1.80. The van der Waals surface area contributed by atoms with E-state index in [9.17, 15) is 35.5 Å². The van der Waals surface area contributed by atoms with E-state index in [0.717, 1.165) is 17.6 Å². The highest BCUT2D eigenvalue weighted by Crippen LogP contribution is 2.54. The molecule has 0 bridgehead atoms. The van der Waals surface area contributed by atoms with Crippen molar-refractivity contribution in [2.45, 2.75) is 24.9 Å². The highest BCUT2D eigenvalue weighted by Gasteiger charge is 2.73. The first kappa shape index (κ1) is 28.1. The summed E-state index contributed by atoms with van der Waals surface area (Å²) in [6, 6.07) is 1.50. The number of carbonyl (C=O) groups is 1. The van der Waals surface area contributed by atoms with Crippen LogP contribution in [0.25, 0.3) is 0 Å². The van der Waals surface area contributed by atoms with E-state index in [-0.39, 0.29) is 39.2 Å². The molecule has 1 heterocycles. The van der Waals surface area contributed by atoms with E-state index in [4.69, 9.17) is 45.4 Å². The Hall–Kier alpha value is -2.09. The molecule has 0 aliphatic rings. The molecular formula is C18H11Cl3F7N3O2S. The van der Waals surface area contributed by atoms with E-state index in [1.54, 1.807) is 6.92 Å². The van der Waals surface area contributed by atoms with E-state index >= 15 is 0 Å². The van der Waals surface area contributed by atoms with E-state index in [1.807, 2.05) is 0 Å². The normalized spacial score (nSPS) is 13.6. The van der Waals surface area contributed by atoms with Crippen molar-refractivity contribution < 1.29 is 40.3 Å². The van der Waals surface area contributed by atoms with Gasteiger partial charge < -0.3 is 10.6 Å². The first-order chi connectivity index (χ1) is 15.6. The van der Waals surface area contributed by atoms with Crippen molar-refractivity contribution in [2.75, 3.05) is 6.61 Å². The Balaban J connectivity index is 2.48. The lowest BCUT2D eigenvalue weighted by molar-refractivity contribution is -0.348. The lowest BCUT2D eigenvalue weighted by Crippen LogP contribution is -2.50. The lowest BCUT2D eigenvalue weighted by Gasteiger charge is -2.30. The second-order valence-corrected chi connectivity index (χ2v) is 8.70. The van der Waals surface area contributed by atoms with Gasteiger partial charge in [0.15, 0.2) is 0 Å². The maximum absolute atomic E-state index is 14.3. The number of carbonyl (C=O) groups excluding carboxylic acids is 1. The number of nitrogens with zero attached hydrogens (tertiary/aromatic N) is 2. The monoisotopic (exact) mass is 571 g/mol.